The zero-order chi connectivity index (χ0) is 23.3. The van der Waals surface area contributed by atoms with Crippen LogP contribution in [0.5, 0.6) is 17.2 Å². The highest BCUT2D eigenvalue weighted by molar-refractivity contribution is 8.03. The Labute approximate surface area is 203 Å². The lowest BCUT2D eigenvalue weighted by Gasteiger charge is -2.31. The quantitative estimate of drug-likeness (QED) is 0.328. The summed E-state index contributed by atoms with van der Waals surface area (Å²) in [6.07, 6.45) is 3.11. The van der Waals surface area contributed by atoms with E-state index < -0.39 is 5.41 Å². The van der Waals surface area contributed by atoms with Crippen molar-refractivity contribution >= 4 is 35.0 Å². The van der Waals surface area contributed by atoms with Crippen molar-refractivity contribution in [2.24, 2.45) is 0 Å². The Hall–Kier alpha value is -1.82. The molecule has 0 N–H and O–H groups in total. The minimum Gasteiger partial charge on any atom is -0.493 e. The number of ether oxygens (including phenoxy) is 3. The van der Waals surface area contributed by atoms with Crippen LogP contribution in [0.2, 0.25) is 10.0 Å². The van der Waals surface area contributed by atoms with Crippen molar-refractivity contribution in [2.75, 3.05) is 26.6 Å². The van der Waals surface area contributed by atoms with Crippen molar-refractivity contribution in [3.8, 4) is 17.2 Å². The van der Waals surface area contributed by atoms with Gasteiger partial charge in [0.15, 0.2) is 11.5 Å². The summed E-state index contributed by atoms with van der Waals surface area (Å²) in [5.74, 6) is 2.53. The molecule has 0 bridgehead atoms. The summed E-state index contributed by atoms with van der Waals surface area (Å²) in [4.78, 5) is 1.02. The highest BCUT2D eigenvalue weighted by Crippen LogP contribution is 2.43. The van der Waals surface area contributed by atoms with Gasteiger partial charge in [0.25, 0.3) is 0 Å². The van der Waals surface area contributed by atoms with E-state index in [1.807, 2.05) is 38.1 Å². The van der Waals surface area contributed by atoms with Gasteiger partial charge in [0.1, 0.15) is 11.6 Å². The third kappa shape index (κ3) is 5.75. The molecule has 1 aliphatic rings. The third-order valence-corrected chi connectivity index (χ3v) is 7.39. The van der Waals surface area contributed by atoms with Gasteiger partial charge >= 0.3 is 0 Å². The van der Waals surface area contributed by atoms with Crippen molar-refractivity contribution in [1.82, 2.24) is 0 Å². The summed E-state index contributed by atoms with van der Waals surface area (Å²) >= 11 is 13.8. The first-order chi connectivity index (χ1) is 15.3. The maximum atomic E-state index is 15.1. The average Bonchev–Trinajstić information content (AvgIpc) is 2.78. The van der Waals surface area contributed by atoms with Crippen LogP contribution in [-0.4, -0.2) is 26.6 Å². The van der Waals surface area contributed by atoms with Gasteiger partial charge < -0.3 is 14.2 Å². The van der Waals surface area contributed by atoms with Crippen LogP contribution in [0.25, 0.3) is 0 Å². The number of benzene rings is 2. The molecule has 172 valence electrons. The normalized spacial score (nSPS) is 14.3. The molecule has 0 fully saturated rings. The SMILES string of the molecule is COc1ccc(OCCSC2=CC(F)=C(C(C)(C)c3ccc(Cl)c(Cl)c3)CC2)cc1OC. The van der Waals surface area contributed by atoms with Crippen LogP contribution < -0.4 is 14.2 Å². The lowest BCUT2D eigenvalue weighted by Crippen LogP contribution is -2.22. The molecule has 0 atom stereocenters. The fourth-order valence-corrected chi connectivity index (χ4v) is 4.85. The molecule has 3 rings (SSSR count). The Morgan fingerprint density at radius 3 is 2.38 bits per heavy atom. The van der Waals surface area contributed by atoms with Crippen LogP contribution in [0.15, 0.2) is 58.8 Å². The summed E-state index contributed by atoms with van der Waals surface area (Å²) in [5.41, 5.74) is 1.26. The highest BCUT2D eigenvalue weighted by Gasteiger charge is 2.30. The molecule has 0 aromatic heterocycles. The van der Waals surface area contributed by atoms with Crippen LogP contribution in [0.4, 0.5) is 4.39 Å². The standard InChI is InChI=1S/C25H27Cl2FO3S/c1-25(2,16-5-9-20(26)21(27)13-16)19-8-7-18(15-22(19)28)32-12-11-31-17-6-10-23(29-3)24(14-17)30-4/h5-6,9-10,13-15H,7-8,11-12H2,1-4H3. The highest BCUT2D eigenvalue weighted by atomic mass is 35.5. The van der Waals surface area contributed by atoms with Gasteiger partial charge in [0.05, 0.1) is 30.9 Å². The van der Waals surface area contributed by atoms with Crippen LogP contribution >= 0.6 is 35.0 Å². The molecule has 32 heavy (non-hydrogen) atoms. The smallest absolute Gasteiger partial charge is 0.164 e. The van der Waals surface area contributed by atoms with Crippen molar-refractivity contribution in [3.63, 3.8) is 0 Å². The number of hydrogen-bond donors (Lipinski definition) is 0. The Morgan fingerprint density at radius 1 is 0.969 bits per heavy atom. The second kappa shape index (κ2) is 10.9. The van der Waals surface area contributed by atoms with Crippen molar-refractivity contribution in [1.29, 1.82) is 0 Å². The van der Waals surface area contributed by atoms with Gasteiger partial charge in [0, 0.05) is 17.2 Å². The number of rotatable bonds is 9. The van der Waals surface area contributed by atoms with E-state index in [0.717, 1.165) is 28.2 Å². The first-order valence-electron chi connectivity index (χ1n) is 10.3. The third-order valence-electron chi connectivity index (χ3n) is 5.59. The second-order valence-electron chi connectivity index (χ2n) is 7.90. The molecule has 3 nitrogen and oxygen atoms in total. The fourth-order valence-electron chi connectivity index (χ4n) is 3.69. The zero-order valence-corrected chi connectivity index (χ0v) is 21.0. The summed E-state index contributed by atoms with van der Waals surface area (Å²) in [6, 6.07) is 10.9. The molecule has 0 saturated heterocycles. The van der Waals surface area contributed by atoms with Crippen LogP contribution in [-0.2, 0) is 5.41 Å². The lowest BCUT2D eigenvalue weighted by atomic mass is 9.74. The number of hydrogen-bond acceptors (Lipinski definition) is 4. The summed E-state index contributed by atoms with van der Waals surface area (Å²) in [5, 5.41) is 0.980. The maximum Gasteiger partial charge on any atom is 0.164 e. The Morgan fingerprint density at radius 2 is 1.72 bits per heavy atom. The van der Waals surface area contributed by atoms with Gasteiger partial charge in [-0.3, -0.25) is 0 Å². The first-order valence-corrected chi connectivity index (χ1v) is 12.0. The Bertz CT molecular complexity index is 1030. The first kappa shape index (κ1) is 24.8. The molecular formula is C25H27Cl2FO3S. The number of thioether (sulfide) groups is 1. The molecule has 0 saturated carbocycles. The van der Waals surface area contributed by atoms with E-state index in [9.17, 15) is 0 Å². The predicted molar refractivity (Wildman–Crippen MR) is 132 cm³/mol. The van der Waals surface area contributed by atoms with Gasteiger partial charge in [-0.05, 0) is 59.2 Å². The lowest BCUT2D eigenvalue weighted by molar-refractivity contribution is 0.330. The zero-order valence-electron chi connectivity index (χ0n) is 18.6. The number of halogens is 3. The molecule has 0 amide bonds. The van der Waals surface area contributed by atoms with Gasteiger partial charge in [-0.25, -0.2) is 4.39 Å². The summed E-state index contributed by atoms with van der Waals surface area (Å²) in [6.45, 7) is 4.54. The fraction of sp³-hybridized carbons (Fsp3) is 0.360. The number of allylic oxidation sites excluding steroid dienone is 4. The van der Waals surface area contributed by atoms with E-state index in [-0.39, 0.29) is 5.83 Å². The topological polar surface area (TPSA) is 27.7 Å². The summed E-state index contributed by atoms with van der Waals surface area (Å²) < 4.78 is 31.4. The van der Waals surface area contributed by atoms with E-state index in [4.69, 9.17) is 37.4 Å². The minimum absolute atomic E-state index is 0.171. The van der Waals surface area contributed by atoms with Gasteiger partial charge in [-0.1, -0.05) is 43.1 Å². The van der Waals surface area contributed by atoms with E-state index in [1.165, 1.54) is 0 Å². The van der Waals surface area contributed by atoms with E-state index in [1.54, 1.807) is 44.2 Å². The second-order valence-corrected chi connectivity index (χ2v) is 9.94. The van der Waals surface area contributed by atoms with Crippen LogP contribution in [0.3, 0.4) is 0 Å². The van der Waals surface area contributed by atoms with Crippen molar-refractivity contribution < 1.29 is 18.6 Å². The molecule has 1 aliphatic carbocycles. The van der Waals surface area contributed by atoms with Gasteiger partial charge in [0.2, 0.25) is 0 Å². The van der Waals surface area contributed by atoms with E-state index in [2.05, 4.69) is 0 Å². The maximum absolute atomic E-state index is 15.1. The van der Waals surface area contributed by atoms with Crippen LogP contribution in [0.1, 0.15) is 32.3 Å². The van der Waals surface area contributed by atoms with E-state index in [0.29, 0.717) is 40.3 Å². The van der Waals surface area contributed by atoms with Crippen molar-refractivity contribution in [3.05, 3.63) is 74.4 Å². The van der Waals surface area contributed by atoms with Gasteiger partial charge in [-0.15, -0.1) is 11.8 Å². The molecule has 2 aromatic carbocycles. The molecule has 0 aliphatic heterocycles. The number of methoxy groups -OCH3 is 2. The van der Waals surface area contributed by atoms with E-state index >= 15 is 4.39 Å². The minimum atomic E-state index is -0.471. The van der Waals surface area contributed by atoms with Crippen molar-refractivity contribution in [2.45, 2.75) is 32.1 Å². The monoisotopic (exact) mass is 496 g/mol. The molecule has 7 heteroatoms. The Kier molecular flexibility index (Phi) is 8.43. The largest absolute Gasteiger partial charge is 0.493 e. The summed E-state index contributed by atoms with van der Waals surface area (Å²) in [7, 11) is 3.18. The average molecular weight is 497 g/mol. The molecule has 0 unspecified atom stereocenters. The molecule has 2 aromatic rings. The Balaban J connectivity index is 1.60. The molecular weight excluding hydrogens is 470 g/mol. The van der Waals surface area contributed by atoms with Gasteiger partial charge in [-0.2, -0.15) is 0 Å². The predicted octanol–water partition coefficient (Wildman–Crippen LogP) is 8.00. The molecule has 0 spiro atoms. The molecule has 0 radical (unpaired) electrons. The molecule has 0 heterocycles. The van der Waals surface area contributed by atoms with Crippen LogP contribution in [0, 0.1) is 0 Å².